The lowest BCUT2D eigenvalue weighted by molar-refractivity contribution is 0.0982. The van der Waals surface area contributed by atoms with E-state index in [1.54, 1.807) is 30.3 Å². The Labute approximate surface area is 121 Å². The first-order valence-electron chi connectivity index (χ1n) is 6.21. The number of sulfonamides is 1. The molecule has 0 saturated heterocycles. The Hall–Kier alpha value is -2.47. The maximum absolute atomic E-state index is 11.7. The third-order valence-corrected chi connectivity index (χ3v) is 4.73. The van der Waals surface area contributed by atoms with Gasteiger partial charge in [0.15, 0.2) is 5.78 Å². The number of ketones is 1. The van der Waals surface area contributed by atoms with E-state index in [2.05, 4.69) is 0 Å². The van der Waals surface area contributed by atoms with E-state index in [0.29, 0.717) is 11.1 Å². The summed E-state index contributed by atoms with van der Waals surface area (Å²) in [6, 6.07) is 11.5. The van der Waals surface area contributed by atoms with Crippen LogP contribution >= 0.6 is 0 Å². The van der Waals surface area contributed by atoms with E-state index in [1.165, 1.54) is 19.1 Å². The second-order valence-electron chi connectivity index (χ2n) is 4.78. The number of benzene rings is 2. The van der Waals surface area contributed by atoms with Gasteiger partial charge < -0.3 is 0 Å². The van der Waals surface area contributed by atoms with Crippen LogP contribution in [-0.2, 0) is 10.0 Å². The van der Waals surface area contributed by atoms with Crippen molar-refractivity contribution < 1.29 is 18.0 Å². The van der Waals surface area contributed by atoms with Gasteiger partial charge in [-0.15, -0.1) is 0 Å². The van der Waals surface area contributed by atoms with Crippen molar-refractivity contribution in [2.75, 3.05) is 0 Å². The van der Waals surface area contributed by atoms with Gasteiger partial charge in [-0.2, -0.15) is 0 Å². The van der Waals surface area contributed by atoms with Crippen LogP contribution in [-0.4, -0.2) is 20.1 Å². The summed E-state index contributed by atoms with van der Waals surface area (Å²) in [4.78, 5) is 23.1. The van der Waals surface area contributed by atoms with E-state index >= 15 is 0 Å². The van der Waals surface area contributed by atoms with Crippen molar-refractivity contribution in [3.05, 3.63) is 53.6 Å². The van der Waals surface area contributed by atoms with Gasteiger partial charge in [0, 0.05) is 5.56 Å². The molecule has 2 aromatic rings. The molecule has 21 heavy (non-hydrogen) atoms. The minimum atomic E-state index is -3.73. The van der Waals surface area contributed by atoms with Crippen LogP contribution in [0.2, 0.25) is 0 Å². The van der Waals surface area contributed by atoms with Crippen LogP contribution in [0.25, 0.3) is 11.1 Å². The molecular formula is C15H11NO4S. The molecule has 1 aliphatic heterocycles. The van der Waals surface area contributed by atoms with Crippen LogP contribution in [0.4, 0.5) is 0 Å². The van der Waals surface area contributed by atoms with Crippen LogP contribution in [0, 0.1) is 0 Å². The van der Waals surface area contributed by atoms with Crippen molar-refractivity contribution in [2.24, 2.45) is 0 Å². The van der Waals surface area contributed by atoms with E-state index in [9.17, 15) is 18.0 Å². The van der Waals surface area contributed by atoms with Crippen LogP contribution in [0.5, 0.6) is 0 Å². The zero-order valence-corrected chi connectivity index (χ0v) is 11.9. The summed E-state index contributed by atoms with van der Waals surface area (Å²) in [5.74, 6) is -0.687. The van der Waals surface area contributed by atoms with Gasteiger partial charge in [-0.25, -0.2) is 13.1 Å². The summed E-state index contributed by atoms with van der Waals surface area (Å²) in [6.45, 7) is 1.47. The predicted molar refractivity (Wildman–Crippen MR) is 76.5 cm³/mol. The smallest absolute Gasteiger partial charge is 0.266 e. The lowest BCUT2D eigenvalue weighted by Crippen LogP contribution is -2.20. The Morgan fingerprint density at radius 3 is 2.48 bits per heavy atom. The highest BCUT2D eigenvalue weighted by molar-refractivity contribution is 7.90. The Morgan fingerprint density at radius 2 is 1.76 bits per heavy atom. The largest absolute Gasteiger partial charge is 0.295 e. The number of hydrogen-bond acceptors (Lipinski definition) is 4. The Bertz CT molecular complexity index is 884. The Morgan fingerprint density at radius 1 is 1.05 bits per heavy atom. The standard InChI is InChI=1S/C15H11NO4S/c1-9(17)10-3-2-4-11(7-10)12-5-6-14-13(8-12)15(18)16-21(14,19)20/h2-8H,1H3,(H,16,18). The summed E-state index contributed by atoms with van der Waals surface area (Å²) in [5.41, 5.74) is 2.12. The van der Waals surface area contributed by atoms with Crippen molar-refractivity contribution >= 4 is 21.7 Å². The molecule has 2 aromatic carbocycles. The van der Waals surface area contributed by atoms with Crippen molar-refractivity contribution in [3.63, 3.8) is 0 Å². The fourth-order valence-corrected chi connectivity index (χ4v) is 3.42. The predicted octanol–water partition coefficient (Wildman–Crippen LogP) is 1.99. The minimum Gasteiger partial charge on any atom is -0.295 e. The van der Waals surface area contributed by atoms with Gasteiger partial charge in [-0.1, -0.05) is 24.3 Å². The van der Waals surface area contributed by atoms with E-state index in [4.69, 9.17) is 0 Å². The van der Waals surface area contributed by atoms with E-state index in [0.717, 1.165) is 5.56 Å². The van der Waals surface area contributed by atoms with Crippen molar-refractivity contribution in [2.45, 2.75) is 11.8 Å². The molecule has 1 heterocycles. The molecule has 0 bridgehead atoms. The molecule has 3 rings (SSSR count). The highest BCUT2D eigenvalue weighted by Crippen LogP contribution is 2.28. The summed E-state index contributed by atoms with van der Waals surface area (Å²) in [6.07, 6.45) is 0. The van der Waals surface area contributed by atoms with Crippen molar-refractivity contribution in [3.8, 4) is 11.1 Å². The molecule has 0 fully saturated rings. The number of rotatable bonds is 2. The second kappa shape index (κ2) is 4.53. The highest BCUT2D eigenvalue weighted by atomic mass is 32.2. The first-order valence-corrected chi connectivity index (χ1v) is 7.69. The fourth-order valence-electron chi connectivity index (χ4n) is 2.27. The molecule has 0 spiro atoms. The van der Waals surface area contributed by atoms with Gasteiger partial charge in [-0.3, -0.25) is 9.59 Å². The summed E-state index contributed by atoms with van der Waals surface area (Å²) in [7, 11) is -3.73. The van der Waals surface area contributed by atoms with Gasteiger partial charge in [0.1, 0.15) is 4.90 Å². The molecule has 1 amide bonds. The average Bonchev–Trinajstić information content (AvgIpc) is 2.68. The maximum atomic E-state index is 11.7. The van der Waals surface area contributed by atoms with Crippen LogP contribution in [0.15, 0.2) is 47.4 Å². The minimum absolute atomic E-state index is 0.0148. The zero-order chi connectivity index (χ0) is 15.2. The van der Waals surface area contributed by atoms with Crippen LogP contribution in [0.3, 0.4) is 0 Å². The molecule has 0 unspecified atom stereocenters. The molecule has 0 radical (unpaired) electrons. The molecule has 6 heteroatoms. The Kier molecular flexibility index (Phi) is 2.91. The lowest BCUT2D eigenvalue weighted by Gasteiger charge is -2.05. The zero-order valence-electron chi connectivity index (χ0n) is 11.1. The molecule has 0 aromatic heterocycles. The van der Waals surface area contributed by atoms with Crippen LogP contribution in [0.1, 0.15) is 27.6 Å². The normalized spacial score (nSPS) is 15.4. The highest BCUT2D eigenvalue weighted by Gasteiger charge is 2.32. The molecule has 1 N–H and O–H groups in total. The number of hydrogen-bond donors (Lipinski definition) is 1. The van der Waals surface area contributed by atoms with E-state index in [1.807, 2.05) is 4.72 Å². The molecule has 1 aliphatic rings. The Balaban J connectivity index is 2.14. The van der Waals surface area contributed by atoms with Gasteiger partial charge in [0.2, 0.25) is 0 Å². The second-order valence-corrected chi connectivity index (χ2v) is 6.43. The quantitative estimate of drug-likeness (QED) is 0.860. The fraction of sp³-hybridized carbons (Fsp3) is 0.0667. The van der Waals surface area contributed by atoms with Gasteiger partial charge in [-0.05, 0) is 36.2 Å². The molecule has 0 saturated carbocycles. The number of fused-ring (bicyclic) bond motifs is 1. The monoisotopic (exact) mass is 301 g/mol. The molecule has 0 aliphatic carbocycles. The topological polar surface area (TPSA) is 80.3 Å². The molecule has 0 atom stereocenters. The van der Waals surface area contributed by atoms with E-state index < -0.39 is 15.9 Å². The third-order valence-electron chi connectivity index (χ3n) is 3.34. The lowest BCUT2D eigenvalue weighted by atomic mass is 10.00. The maximum Gasteiger partial charge on any atom is 0.266 e. The van der Waals surface area contributed by atoms with Gasteiger partial charge in [0.05, 0.1) is 5.56 Å². The first-order chi connectivity index (χ1) is 9.88. The molecule has 5 nitrogen and oxygen atoms in total. The molecular weight excluding hydrogens is 290 g/mol. The summed E-state index contributed by atoms with van der Waals surface area (Å²) >= 11 is 0. The van der Waals surface area contributed by atoms with Gasteiger partial charge in [0.25, 0.3) is 15.9 Å². The SMILES string of the molecule is CC(=O)c1cccc(-c2ccc3c(c2)C(=O)NS3(=O)=O)c1. The van der Waals surface area contributed by atoms with Gasteiger partial charge >= 0.3 is 0 Å². The molecule has 106 valence electrons. The number of carbonyl (C=O) groups is 2. The van der Waals surface area contributed by atoms with E-state index in [-0.39, 0.29) is 16.2 Å². The van der Waals surface area contributed by atoms with Crippen molar-refractivity contribution in [1.29, 1.82) is 0 Å². The number of Topliss-reactive ketones (excluding diaryl/α,β-unsaturated/α-hetero) is 1. The van der Waals surface area contributed by atoms with Crippen LogP contribution < -0.4 is 4.72 Å². The summed E-state index contributed by atoms with van der Waals surface area (Å²) < 4.78 is 25.3. The number of amides is 1. The number of carbonyl (C=O) groups excluding carboxylic acids is 2. The average molecular weight is 301 g/mol. The first kappa shape index (κ1) is 13.5. The third kappa shape index (κ3) is 2.23. The van der Waals surface area contributed by atoms with Crippen molar-refractivity contribution in [1.82, 2.24) is 4.72 Å². The summed E-state index contributed by atoms with van der Waals surface area (Å²) in [5, 5.41) is 0. The number of nitrogens with one attached hydrogen (secondary N) is 1.